The van der Waals surface area contributed by atoms with Crippen LogP contribution in [0.5, 0.6) is 17.2 Å². The molecule has 41 heavy (non-hydrogen) atoms. The molecule has 1 unspecified atom stereocenters. The van der Waals surface area contributed by atoms with Gasteiger partial charge in [0.1, 0.15) is 17.2 Å². The van der Waals surface area contributed by atoms with Crippen LogP contribution >= 0.6 is 11.3 Å². The second-order valence-corrected chi connectivity index (χ2v) is 11.3. The van der Waals surface area contributed by atoms with Crippen LogP contribution in [-0.4, -0.2) is 67.6 Å². The average molecular weight is 579 g/mol. The van der Waals surface area contributed by atoms with Crippen molar-refractivity contribution in [1.82, 2.24) is 15.2 Å². The predicted octanol–water partition coefficient (Wildman–Crippen LogP) is 4.05. The van der Waals surface area contributed by atoms with Gasteiger partial charge in [0.15, 0.2) is 11.5 Å². The SMILES string of the molecule is COc1ccc2cc1OCCCCN(C(=O)c1sc(C)nc1C)CC(=O)NCCOc1ccc3c(c1)NC(=O)CC23. The fourth-order valence-corrected chi connectivity index (χ4v) is 6.04. The van der Waals surface area contributed by atoms with Crippen LogP contribution in [0.25, 0.3) is 0 Å². The molecule has 6 bridgehead atoms. The van der Waals surface area contributed by atoms with Gasteiger partial charge in [0, 0.05) is 30.6 Å². The van der Waals surface area contributed by atoms with Crippen LogP contribution in [0.1, 0.15) is 56.7 Å². The lowest BCUT2D eigenvalue weighted by Crippen LogP contribution is -2.42. The molecule has 2 aromatic carbocycles. The highest BCUT2D eigenvalue weighted by atomic mass is 32.1. The largest absolute Gasteiger partial charge is 0.493 e. The minimum absolute atomic E-state index is 0.0712. The number of benzene rings is 2. The first kappa shape index (κ1) is 28.4. The summed E-state index contributed by atoms with van der Waals surface area (Å²) in [5.74, 6) is 1.08. The summed E-state index contributed by atoms with van der Waals surface area (Å²) in [7, 11) is 1.59. The summed E-state index contributed by atoms with van der Waals surface area (Å²) in [5, 5.41) is 6.61. The zero-order valence-electron chi connectivity index (χ0n) is 23.5. The zero-order valence-corrected chi connectivity index (χ0v) is 24.3. The van der Waals surface area contributed by atoms with Crippen molar-refractivity contribution in [3.63, 3.8) is 0 Å². The van der Waals surface area contributed by atoms with Crippen molar-refractivity contribution in [3.05, 3.63) is 63.1 Å². The molecule has 0 fully saturated rings. The second-order valence-electron chi connectivity index (χ2n) is 10.1. The number of carbonyl (C=O) groups excluding carboxylic acids is 3. The van der Waals surface area contributed by atoms with Crippen LogP contribution in [0.3, 0.4) is 0 Å². The van der Waals surface area contributed by atoms with E-state index in [2.05, 4.69) is 15.6 Å². The first-order chi connectivity index (χ1) is 19.8. The Hall–Kier alpha value is -4.12. The predicted molar refractivity (Wildman–Crippen MR) is 155 cm³/mol. The molecule has 3 aromatic rings. The highest BCUT2D eigenvalue weighted by molar-refractivity contribution is 7.13. The number of nitrogens with one attached hydrogen (secondary N) is 2. The molecular weight excluding hydrogens is 544 g/mol. The van der Waals surface area contributed by atoms with Gasteiger partial charge in [0.25, 0.3) is 5.91 Å². The Kier molecular flexibility index (Phi) is 8.72. The Morgan fingerprint density at radius 3 is 2.71 bits per heavy atom. The zero-order chi connectivity index (χ0) is 28.9. The van der Waals surface area contributed by atoms with Gasteiger partial charge >= 0.3 is 0 Å². The average Bonchev–Trinajstić information content (AvgIpc) is 3.30. The molecule has 6 rings (SSSR count). The monoisotopic (exact) mass is 578 g/mol. The lowest BCUT2D eigenvalue weighted by atomic mass is 9.84. The maximum absolute atomic E-state index is 13.4. The van der Waals surface area contributed by atoms with Gasteiger partial charge in [-0.3, -0.25) is 14.4 Å². The minimum Gasteiger partial charge on any atom is -0.493 e. The Balaban J connectivity index is 1.40. The van der Waals surface area contributed by atoms with E-state index in [0.29, 0.717) is 65.9 Å². The van der Waals surface area contributed by atoms with Gasteiger partial charge in [-0.2, -0.15) is 0 Å². The van der Waals surface area contributed by atoms with E-state index in [1.165, 1.54) is 11.3 Å². The first-order valence-corrected chi connectivity index (χ1v) is 14.5. The van der Waals surface area contributed by atoms with E-state index in [0.717, 1.165) is 16.1 Å². The number of fused-ring (bicyclic) bond motifs is 12. The highest BCUT2D eigenvalue weighted by Gasteiger charge is 2.28. The van der Waals surface area contributed by atoms with Crippen molar-refractivity contribution in [2.24, 2.45) is 0 Å². The van der Waals surface area contributed by atoms with E-state index in [4.69, 9.17) is 14.2 Å². The Morgan fingerprint density at radius 1 is 1.07 bits per heavy atom. The van der Waals surface area contributed by atoms with Crippen LogP contribution in [0, 0.1) is 13.8 Å². The fraction of sp³-hybridized carbons (Fsp3) is 0.400. The molecule has 4 heterocycles. The Morgan fingerprint density at radius 2 is 1.93 bits per heavy atom. The van der Waals surface area contributed by atoms with Crippen molar-refractivity contribution >= 4 is 34.7 Å². The lowest BCUT2D eigenvalue weighted by molar-refractivity contribution is -0.122. The van der Waals surface area contributed by atoms with E-state index in [-0.39, 0.29) is 43.3 Å². The number of ether oxygens (including phenoxy) is 3. The summed E-state index contributed by atoms with van der Waals surface area (Å²) in [6.45, 7) is 4.90. The summed E-state index contributed by atoms with van der Waals surface area (Å²) in [5.41, 5.74) is 3.31. The van der Waals surface area contributed by atoms with E-state index in [1.807, 2.05) is 44.2 Å². The molecule has 0 saturated heterocycles. The molecule has 0 radical (unpaired) electrons. The molecule has 11 heteroatoms. The van der Waals surface area contributed by atoms with Crippen LogP contribution in [0.4, 0.5) is 5.69 Å². The van der Waals surface area contributed by atoms with Crippen molar-refractivity contribution in [2.75, 3.05) is 45.3 Å². The highest BCUT2D eigenvalue weighted by Crippen LogP contribution is 2.41. The third-order valence-electron chi connectivity index (χ3n) is 7.15. The second kappa shape index (κ2) is 12.6. The summed E-state index contributed by atoms with van der Waals surface area (Å²) in [4.78, 5) is 45.3. The molecule has 3 aliphatic heterocycles. The maximum Gasteiger partial charge on any atom is 0.266 e. The lowest BCUT2D eigenvalue weighted by Gasteiger charge is -2.27. The van der Waals surface area contributed by atoms with E-state index in [9.17, 15) is 14.4 Å². The van der Waals surface area contributed by atoms with Gasteiger partial charge in [-0.05, 0) is 56.0 Å². The number of aromatic nitrogens is 1. The van der Waals surface area contributed by atoms with Crippen molar-refractivity contribution in [3.8, 4) is 17.2 Å². The van der Waals surface area contributed by atoms with Crippen LogP contribution in [0.2, 0.25) is 0 Å². The van der Waals surface area contributed by atoms with Crippen molar-refractivity contribution < 1.29 is 28.6 Å². The molecule has 0 saturated carbocycles. The molecule has 10 nitrogen and oxygen atoms in total. The molecule has 216 valence electrons. The molecule has 3 aliphatic rings. The number of carbonyl (C=O) groups is 3. The van der Waals surface area contributed by atoms with Gasteiger partial charge < -0.3 is 29.7 Å². The third kappa shape index (κ3) is 6.62. The van der Waals surface area contributed by atoms with E-state index in [1.54, 1.807) is 18.1 Å². The molecular formula is C30H34N4O6S. The first-order valence-electron chi connectivity index (χ1n) is 13.7. The number of nitrogens with zero attached hydrogens (tertiary/aromatic N) is 2. The molecule has 1 aromatic heterocycles. The number of anilines is 1. The van der Waals surface area contributed by atoms with E-state index < -0.39 is 0 Å². The third-order valence-corrected chi connectivity index (χ3v) is 8.21. The molecule has 1 atom stereocenters. The maximum atomic E-state index is 13.4. The summed E-state index contributed by atoms with van der Waals surface area (Å²) in [6, 6.07) is 11.4. The van der Waals surface area contributed by atoms with Crippen molar-refractivity contribution in [2.45, 2.75) is 39.0 Å². The number of hydrogen-bond acceptors (Lipinski definition) is 8. The number of hydrogen-bond donors (Lipinski definition) is 2. The Labute approximate surface area is 243 Å². The molecule has 0 spiro atoms. The quantitative estimate of drug-likeness (QED) is 0.441. The van der Waals surface area contributed by atoms with E-state index >= 15 is 0 Å². The number of amides is 3. The molecule has 0 aliphatic carbocycles. The number of thiazole rings is 1. The van der Waals surface area contributed by atoms with Gasteiger partial charge in [0.05, 0.1) is 37.5 Å². The van der Waals surface area contributed by atoms with Gasteiger partial charge in [-0.15, -0.1) is 11.3 Å². The standard InChI is InChI=1S/C30H34N4O6S/c1-18-29(41-19(2)32-18)30(37)34-11-4-5-12-40-26-14-20(6-9-25(26)38-3)23-16-27(35)33-24-15-21(7-8-22(23)24)39-13-10-31-28(36)17-34/h6-9,14-15,23H,4-5,10-13,16-17H2,1-3H3,(H,31,36)(H,33,35). The number of methoxy groups -OCH3 is 1. The van der Waals surface area contributed by atoms with Gasteiger partial charge in [0.2, 0.25) is 11.8 Å². The molecule has 2 N–H and O–H groups in total. The summed E-state index contributed by atoms with van der Waals surface area (Å²) >= 11 is 1.34. The van der Waals surface area contributed by atoms with Crippen LogP contribution in [-0.2, 0) is 9.59 Å². The summed E-state index contributed by atoms with van der Waals surface area (Å²) < 4.78 is 17.5. The van der Waals surface area contributed by atoms with Gasteiger partial charge in [-0.1, -0.05) is 12.1 Å². The molecule has 3 amide bonds. The Bertz CT molecular complexity index is 1450. The number of rotatable bonds is 2. The van der Waals surface area contributed by atoms with Crippen LogP contribution < -0.4 is 24.8 Å². The fourth-order valence-electron chi connectivity index (χ4n) is 5.16. The summed E-state index contributed by atoms with van der Waals surface area (Å²) in [6.07, 6.45) is 1.61. The minimum atomic E-state index is -0.270. The van der Waals surface area contributed by atoms with Crippen molar-refractivity contribution in [1.29, 1.82) is 0 Å². The normalized spacial score (nSPS) is 18.0. The van der Waals surface area contributed by atoms with Crippen LogP contribution in [0.15, 0.2) is 36.4 Å². The topological polar surface area (TPSA) is 119 Å². The number of aryl methyl sites for hydroxylation is 2. The smallest absolute Gasteiger partial charge is 0.266 e. The van der Waals surface area contributed by atoms with Gasteiger partial charge in [-0.25, -0.2) is 4.98 Å².